The van der Waals surface area contributed by atoms with Gasteiger partial charge in [-0.3, -0.25) is 4.79 Å². The molecule has 0 amide bonds. The molecule has 0 aliphatic heterocycles. The summed E-state index contributed by atoms with van der Waals surface area (Å²) in [6.07, 6.45) is 12.0. The first-order chi connectivity index (χ1) is 13.8. The van der Waals surface area contributed by atoms with Gasteiger partial charge in [0.25, 0.3) is 0 Å². The van der Waals surface area contributed by atoms with Gasteiger partial charge in [0.15, 0.2) is 0 Å². The van der Waals surface area contributed by atoms with E-state index in [2.05, 4.69) is 33.2 Å². The first-order valence-corrected chi connectivity index (χ1v) is 10.3. The molecule has 144 valence electrons. The lowest BCUT2D eigenvalue weighted by atomic mass is 9.85. The largest absolute Gasteiger partial charge is 0.360 e. The van der Waals surface area contributed by atoms with Gasteiger partial charge < -0.3 is 4.98 Å². The van der Waals surface area contributed by atoms with Gasteiger partial charge in [0.1, 0.15) is 11.6 Å². The Labute approximate surface area is 166 Å². The summed E-state index contributed by atoms with van der Waals surface area (Å²) < 4.78 is 0. The van der Waals surface area contributed by atoms with Crippen LogP contribution in [0.2, 0.25) is 0 Å². The molecule has 1 aliphatic rings. The average molecular weight is 374 g/mol. The van der Waals surface area contributed by atoms with Crippen LogP contribution >= 0.6 is 0 Å². The number of ketones is 1. The van der Waals surface area contributed by atoms with Crippen LogP contribution in [0, 0.1) is 5.92 Å². The Bertz CT molecular complexity index is 911. The van der Waals surface area contributed by atoms with Crippen molar-refractivity contribution in [2.75, 3.05) is 0 Å². The number of Topliss-reactive ketones (excluding diaryl/α,β-unsaturated/α-hetero) is 1. The number of nitrogens with zero attached hydrogens (tertiary/aromatic N) is 2. The van der Waals surface area contributed by atoms with Gasteiger partial charge in [0.2, 0.25) is 0 Å². The Kier molecular flexibility index (Phi) is 5.95. The molecular weight excluding hydrogens is 346 g/mol. The fourth-order valence-corrected chi connectivity index (χ4v) is 4.17. The molecule has 1 N–H and O–H groups in total. The third kappa shape index (κ3) is 4.94. The fourth-order valence-electron chi connectivity index (χ4n) is 4.17. The summed E-state index contributed by atoms with van der Waals surface area (Å²) in [5.41, 5.74) is 4.13. The minimum Gasteiger partial charge on any atom is -0.360 e. The maximum absolute atomic E-state index is 12.5. The Hall–Kier alpha value is -2.75. The Morgan fingerprint density at radius 2 is 1.89 bits per heavy atom. The number of hydrogen-bond donors (Lipinski definition) is 1. The lowest BCUT2D eigenvalue weighted by Gasteiger charge is -2.20. The highest BCUT2D eigenvalue weighted by Gasteiger charge is 2.17. The molecular formula is C24H27N3O. The van der Waals surface area contributed by atoms with E-state index >= 15 is 0 Å². The molecule has 0 radical (unpaired) electrons. The minimum absolute atomic E-state index is 0.369. The van der Waals surface area contributed by atoms with Gasteiger partial charge in [0.05, 0.1) is 11.4 Å². The second kappa shape index (κ2) is 8.96. The molecule has 0 spiro atoms. The maximum atomic E-state index is 12.5. The molecule has 3 aromatic rings. The van der Waals surface area contributed by atoms with E-state index in [-0.39, 0.29) is 0 Å². The predicted octanol–water partition coefficient (Wildman–Crippen LogP) is 5.14. The molecule has 0 atom stereocenters. The molecule has 2 heterocycles. The zero-order chi connectivity index (χ0) is 19.2. The molecule has 1 saturated carbocycles. The highest BCUT2D eigenvalue weighted by molar-refractivity contribution is 5.81. The highest BCUT2D eigenvalue weighted by atomic mass is 16.1. The van der Waals surface area contributed by atoms with Crippen molar-refractivity contribution >= 4 is 5.78 Å². The van der Waals surface area contributed by atoms with Crippen LogP contribution in [0.3, 0.4) is 0 Å². The van der Waals surface area contributed by atoms with Crippen molar-refractivity contribution in [2.24, 2.45) is 5.92 Å². The van der Waals surface area contributed by atoms with Crippen molar-refractivity contribution in [3.63, 3.8) is 0 Å². The van der Waals surface area contributed by atoms with Gasteiger partial charge in [-0.25, -0.2) is 9.97 Å². The molecule has 2 aromatic heterocycles. The summed E-state index contributed by atoms with van der Waals surface area (Å²) in [4.78, 5) is 24.8. The Balaban J connectivity index is 1.40. The molecule has 4 rings (SSSR count). The summed E-state index contributed by atoms with van der Waals surface area (Å²) in [5, 5.41) is 0. The van der Waals surface area contributed by atoms with E-state index in [1.54, 1.807) is 6.20 Å². The van der Waals surface area contributed by atoms with E-state index in [1.165, 1.54) is 32.1 Å². The molecule has 4 heteroatoms. The number of rotatable bonds is 7. The summed E-state index contributed by atoms with van der Waals surface area (Å²) in [5.74, 6) is 1.76. The van der Waals surface area contributed by atoms with Gasteiger partial charge in [0, 0.05) is 31.7 Å². The zero-order valence-electron chi connectivity index (χ0n) is 16.2. The lowest BCUT2D eigenvalue weighted by Crippen LogP contribution is -2.13. The van der Waals surface area contributed by atoms with E-state index in [1.807, 2.05) is 30.5 Å². The monoisotopic (exact) mass is 373 g/mol. The fraction of sp³-hybridized carbons (Fsp3) is 0.375. The number of hydrogen-bond acceptors (Lipinski definition) is 3. The minimum atomic E-state index is 0.369. The van der Waals surface area contributed by atoms with Crippen LogP contribution in [-0.4, -0.2) is 20.7 Å². The second-order valence-corrected chi connectivity index (χ2v) is 7.86. The van der Waals surface area contributed by atoms with Crippen LogP contribution in [0.1, 0.15) is 55.5 Å². The molecule has 1 aliphatic carbocycles. The molecule has 28 heavy (non-hydrogen) atoms. The van der Waals surface area contributed by atoms with Crippen LogP contribution in [-0.2, 0) is 17.6 Å². The van der Waals surface area contributed by atoms with Gasteiger partial charge in [-0.1, -0.05) is 56.4 Å². The van der Waals surface area contributed by atoms with Gasteiger partial charge in [-0.15, -0.1) is 0 Å². The number of aromatic nitrogens is 3. The van der Waals surface area contributed by atoms with Crippen LogP contribution < -0.4 is 0 Å². The van der Waals surface area contributed by atoms with Crippen LogP contribution in [0.4, 0.5) is 0 Å². The van der Waals surface area contributed by atoms with Gasteiger partial charge in [-0.2, -0.15) is 0 Å². The van der Waals surface area contributed by atoms with Crippen LogP contribution in [0.25, 0.3) is 11.4 Å². The maximum Gasteiger partial charge on any atom is 0.137 e. The summed E-state index contributed by atoms with van der Waals surface area (Å²) >= 11 is 0. The highest BCUT2D eigenvalue weighted by Crippen LogP contribution is 2.27. The smallest absolute Gasteiger partial charge is 0.137 e. The third-order valence-corrected chi connectivity index (χ3v) is 5.58. The third-order valence-electron chi connectivity index (χ3n) is 5.58. The predicted molar refractivity (Wildman–Crippen MR) is 111 cm³/mol. The summed E-state index contributed by atoms with van der Waals surface area (Å²) in [7, 11) is 0. The van der Waals surface area contributed by atoms with E-state index in [4.69, 9.17) is 0 Å². The van der Waals surface area contributed by atoms with E-state index < -0.39 is 0 Å². The van der Waals surface area contributed by atoms with Crippen molar-refractivity contribution in [2.45, 2.75) is 51.4 Å². The summed E-state index contributed by atoms with van der Waals surface area (Å²) in [6, 6.07) is 14.2. The first kappa shape index (κ1) is 18.6. The second-order valence-electron chi connectivity index (χ2n) is 7.86. The Morgan fingerprint density at radius 1 is 1.04 bits per heavy atom. The van der Waals surface area contributed by atoms with Crippen LogP contribution in [0.15, 0.2) is 54.9 Å². The lowest BCUT2D eigenvalue weighted by molar-refractivity contribution is -0.119. The first-order valence-electron chi connectivity index (χ1n) is 10.3. The SMILES string of the molecule is O=C(Cc1cccc(Cc2nccc(-c3ccc[nH]3)n2)c1)CC1CCCCC1. The number of carbonyl (C=O) groups excluding carboxylic acids is 1. The average Bonchev–Trinajstić information content (AvgIpc) is 3.24. The molecule has 1 aromatic carbocycles. The zero-order valence-corrected chi connectivity index (χ0v) is 16.2. The van der Waals surface area contributed by atoms with E-state index in [0.29, 0.717) is 24.5 Å². The number of carbonyl (C=O) groups is 1. The standard InChI is InChI=1S/C24H27N3O/c28-21(15-18-6-2-1-3-7-18)16-19-8-4-9-20(14-19)17-24-26-13-11-23(27-24)22-10-5-12-25-22/h4-5,8-14,18,25H,1-3,6-7,15-17H2. The van der Waals surface area contributed by atoms with Crippen molar-refractivity contribution in [1.82, 2.24) is 15.0 Å². The Morgan fingerprint density at radius 3 is 2.71 bits per heavy atom. The summed E-state index contributed by atoms with van der Waals surface area (Å²) in [6.45, 7) is 0. The van der Waals surface area contributed by atoms with E-state index in [9.17, 15) is 4.79 Å². The van der Waals surface area contributed by atoms with Crippen molar-refractivity contribution in [1.29, 1.82) is 0 Å². The van der Waals surface area contributed by atoms with Crippen LogP contribution in [0.5, 0.6) is 0 Å². The van der Waals surface area contributed by atoms with E-state index in [0.717, 1.165) is 34.8 Å². The van der Waals surface area contributed by atoms with Crippen molar-refractivity contribution in [3.05, 3.63) is 71.8 Å². The number of benzene rings is 1. The number of nitrogens with one attached hydrogen (secondary N) is 1. The van der Waals surface area contributed by atoms with Crippen molar-refractivity contribution < 1.29 is 4.79 Å². The van der Waals surface area contributed by atoms with Crippen molar-refractivity contribution in [3.8, 4) is 11.4 Å². The normalized spacial score (nSPS) is 14.9. The molecule has 1 fully saturated rings. The number of H-pyrrole nitrogens is 1. The van der Waals surface area contributed by atoms with Gasteiger partial charge >= 0.3 is 0 Å². The molecule has 0 bridgehead atoms. The topological polar surface area (TPSA) is 58.6 Å². The van der Waals surface area contributed by atoms with Gasteiger partial charge in [-0.05, 0) is 35.2 Å². The molecule has 0 unspecified atom stereocenters. The molecule has 0 saturated heterocycles. The quantitative estimate of drug-likeness (QED) is 0.623. The molecule has 4 nitrogen and oxygen atoms in total. The number of aromatic amines is 1.